The monoisotopic (exact) mass is 193 g/mol. The topological polar surface area (TPSA) is 40.7 Å². The predicted molar refractivity (Wildman–Crippen MR) is 57.0 cm³/mol. The van der Waals surface area contributed by atoms with Crippen LogP contribution in [0, 0.1) is 6.92 Å². The summed E-state index contributed by atoms with van der Waals surface area (Å²) in [7, 11) is 0. The molecular weight excluding hydrogens is 174 g/mol. The minimum absolute atomic E-state index is 0.728. The molecule has 14 heavy (non-hydrogen) atoms. The molecule has 2 rings (SSSR count). The van der Waals surface area contributed by atoms with Crippen molar-refractivity contribution in [3.63, 3.8) is 0 Å². The zero-order chi connectivity index (χ0) is 9.80. The number of nitrogens with zero attached hydrogens (tertiary/aromatic N) is 1. The Morgan fingerprint density at radius 2 is 2.21 bits per heavy atom. The van der Waals surface area contributed by atoms with Gasteiger partial charge >= 0.3 is 0 Å². The van der Waals surface area contributed by atoms with Crippen molar-refractivity contribution in [2.45, 2.75) is 51.6 Å². The summed E-state index contributed by atoms with van der Waals surface area (Å²) in [6, 6.07) is 0.728. The van der Waals surface area contributed by atoms with Crippen molar-refractivity contribution < 1.29 is 0 Å². The van der Waals surface area contributed by atoms with Gasteiger partial charge in [-0.05, 0) is 25.3 Å². The van der Waals surface area contributed by atoms with E-state index in [0.717, 1.165) is 12.6 Å². The Balaban J connectivity index is 1.79. The van der Waals surface area contributed by atoms with Crippen LogP contribution in [0.3, 0.4) is 0 Å². The molecule has 1 aromatic rings. The molecule has 0 unspecified atom stereocenters. The highest BCUT2D eigenvalue weighted by atomic mass is 15.1. The molecule has 1 saturated carbocycles. The molecule has 78 valence electrons. The van der Waals surface area contributed by atoms with Crippen molar-refractivity contribution in [3.8, 4) is 0 Å². The van der Waals surface area contributed by atoms with E-state index >= 15 is 0 Å². The lowest BCUT2D eigenvalue weighted by atomic mass is 9.95. The van der Waals surface area contributed by atoms with Crippen molar-refractivity contribution >= 4 is 0 Å². The molecule has 0 amide bonds. The summed E-state index contributed by atoms with van der Waals surface area (Å²) in [4.78, 5) is 0. The fourth-order valence-corrected chi connectivity index (χ4v) is 2.11. The lowest BCUT2D eigenvalue weighted by Gasteiger charge is -2.22. The maximum absolute atomic E-state index is 4.02. The molecule has 0 bridgehead atoms. The summed E-state index contributed by atoms with van der Waals surface area (Å²) in [5.41, 5.74) is 2.49. The molecule has 1 aliphatic carbocycles. The molecule has 0 saturated heterocycles. The van der Waals surface area contributed by atoms with Gasteiger partial charge < -0.3 is 5.32 Å². The van der Waals surface area contributed by atoms with Crippen LogP contribution in [0.4, 0.5) is 0 Å². The van der Waals surface area contributed by atoms with Crippen molar-refractivity contribution in [1.82, 2.24) is 15.5 Å². The molecule has 2 N–H and O–H groups in total. The zero-order valence-corrected chi connectivity index (χ0v) is 8.84. The third-order valence-corrected chi connectivity index (χ3v) is 3.11. The Morgan fingerprint density at radius 1 is 1.43 bits per heavy atom. The van der Waals surface area contributed by atoms with Crippen LogP contribution in [-0.2, 0) is 6.54 Å². The Hall–Kier alpha value is -0.830. The van der Waals surface area contributed by atoms with E-state index in [0.29, 0.717) is 0 Å². The number of hydrogen-bond donors (Lipinski definition) is 2. The predicted octanol–water partition coefficient (Wildman–Crippen LogP) is 2.14. The van der Waals surface area contributed by atoms with Gasteiger partial charge in [-0.2, -0.15) is 5.10 Å². The number of aromatic nitrogens is 2. The van der Waals surface area contributed by atoms with Crippen LogP contribution >= 0.6 is 0 Å². The number of aryl methyl sites for hydroxylation is 1. The standard InChI is InChI=1S/C11H19N3/c1-9-7-13-14-11(9)8-12-10-5-3-2-4-6-10/h7,10,12H,2-6,8H2,1H3,(H,13,14). The van der Waals surface area contributed by atoms with Gasteiger partial charge in [0.25, 0.3) is 0 Å². The number of rotatable bonds is 3. The lowest BCUT2D eigenvalue weighted by molar-refractivity contribution is 0.370. The Morgan fingerprint density at radius 3 is 2.86 bits per heavy atom. The van der Waals surface area contributed by atoms with Gasteiger partial charge in [0.2, 0.25) is 0 Å². The summed E-state index contributed by atoms with van der Waals surface area (Å²) >= 11 is 0. The van der Waals surface area contributed by atoms with Crippen LogP contribution in [0.1, 0.15) is 43.4 Å². The zero-order valence-electron chi connectivity index (χ0n) is 8.84. The number of hydrogen-bond acceptors (Lipinski definition) is 2. The summed E-state index contributed by atoms with van der Waals surface area (Å²) in [6.07, 6.45) is 8.76. The van der Waals surface area contributed by atoms with Crippen LogP contribution in [0.15, 0.2) is 6.20 Å². The second-order valence-corrected chi connectivity index (χ2v) is 4.25. The summed E-state index contributed by atoms with van der Waals surface area (Å²) in [5.74, 6) is 0. The van der Waals surface area contributed by atoms with Gasteiger partial charge in [-0.25, -0.2) is 0 Å². The normalized spacial score (nSPS) is 18.6. The molecule has 0 aromatic carbocycles. The SMILES string of the molecule is Cc1cn[nH]c1CNC1CCCCC1. The van der Waals surface area contributed by atoms with Crippen LogP contribution in [-0.4, -0.2) is 16.2 Å². The molecule has 3 heteroatoms. The number of aromatic amines is 1. The van der Waals surface area contributed by atoms with Gasteiger partial charge in [0, 0.05) is 12.6 Å². The van der Waals surface area contributed by atoms with Crippen molar-refractivity contribution in [2.24, 2.45) is 0 Å². The van der Waals surface area contributed by atoms with Crippen LogP contribution in [0.25, 0.3) is 0 Å². The maximum atomic E-state index is 4.02. The number of H-pyrrole nitrogens is 1. The van der Waals surface area contributed by atoms with Crippen LogP contribution < -0.4 is 5.32 Å². The van der Waals surface area contributed by atoms with Gasteiger partial charge in [0.1, 0.15) is 0 Å². The van der Waals surface area contributed by atoms with Crippen LogP contribution in [0.5, 0.6) is 0 Å². The third kappa shape index (κ3) is 2.35. The maximum Gasteiger partial charge on any atom is 0.0519 e. The summed E-state index contributed by atoms with van der Waals surface area (Å²) < 4.78 is 0. The highest BCUT2D eigenvalue weighted by molar-refractivity contribution is 5.13. The van der Waals surface area contributed by atoms with Crippen molar-refractivity contribution in [1.29, 1.82) is 0 Å². The Kier molecular flexibility index (Phi) is 3.19. The molecular formula is C11H19N3. The largest absolute Gasteiger partial charge is 0.308 e. The second-order valence-electron chi connectivity index (χ2n) is 4.25. The van der Waals surface area contributed by atoms with Crippen molar-refractivity contribution in [3.05, 3.63) is 17.5 Å². The average molecular weight is 193 g/mol. The van der Waals surface area contributed by atoms with E-state index in [-0.39, 0.29) is 0 Å². The van der Waals surface area contributed by atoms with E-state index in [1.165, 1.54) is 43.4 Å². The Bertz CT molecular complexity index is 274. The van der Waals surface area contributed by atoms with Gasteiger partial charge in [-0.1, -0.05) is 19.3 Å². The van der Waals surface area contributed by atoms with Gasteiger partial charge in [0.15, 0.2) is 0 Å². The van der Waals surface area contributed by atoms with E-state index in [9.17, 15) is 0 Å². The van der Waals surface area contributed by atoms with Gasteiger partial charge in [-0.15, -0.1) is 0 Å². The van der Waals surface area contributed by atoms with E-state index in [1.807, 2.05) is 6.20 Å². The fraction of sp³-hybridized carbons (Fsp3) is 0.727. The molecule has 0 radical (unpaired) electrons. The average Bonchev–Trinajstić information content (AvgIpc) is 2.63. The van der Waals surface area contributed by atoms with E-state index in [1.54, 1.807) is 0 Å². The first kappa shape index (κ1) is 9.71. The van der Waals surface area contributed by atoms with Gasteiger partial charge in [0.05, 0.1) is 11.9 Å². The first-order valence-electron chi connectivity index (χ1n) is 5.58. The van der Waals surface area contributed by atoms with E-state index in [4.69, 9.17) is 0 Å². The van der Waals surface area contributed by atoms with Gasteiger partial charge in [-0.3, -0.25) is 5.10 Å². The quantitative estimate of drug-likeness (QED) is 0.772. The molecule has 1 aromatic heterocycles. The number of nitrogens with one attached hydrogen (secondary N) is 2. The molecule has 0 spiro atoms. The summed E-state index contributed by atoms with van der Waals surface area (Å²) in [6.45, 7) is 3.04. The Labute approximate surface area is 85.3 Å². The highest BCUT2D eigenvalue weighted by Crippen LogP contribution is 2.17. The van der Waals surface area contributed by atoms with Crippen LogP contribution in [0.2, 0.25) is 0 Å². The molecule has 1 aliphatic rings. The summed E-state index contributed by atoms with van der Waals surface area (Å²) in [5, 5.41) is 10.6. The minimum atomic E-state index is 0.728. The first-order chi connectivity index (χ1) is 6.86. The molecule has 1 fully saturated rings. The molecule has 1 heterocycles. The molecule has 0 aliphatic heterocycles. The smallest absolute Gasteiger partial charge is 0.0519 e. The van der Waals surface area contributed by atoms with E-state index in [2.05, 4.69) is 22.4 Å². The third-order valence-electron chi connectivity index (χ3n) is 3.11. The van der Waals surface area contributed by atoms with E-state index < -0.39 is 0 Å². The molecule has 3 nitrogen and oxygen atoms in total. The lowest BCUT2D eigenvalue weighted by Crippen LogP contribution is -2.30. The minimum Gasteiger partial charge on any atom is -0.308 e. The van der Waals surface area contributed by atoms with Crippen molar-refractivity contribution in [2.75, 3.05) is 0 Å². The highest BCUT2D eigenvalue weighted by Gasteiger charge is 2.12. The fourth-order valence-electron chi connectivity index (χ4n) is 2.11. The molecule has 0 atom stereocenters. The first-order valence-corrected chi connectivity index (χ1v) is 5.58. The second kappa shape index (κ2) is 4.60.